The van der Waals surface area contributed by atoms with E-state index in [1.54, 1.807) is 18.2 Å². The molecule has 80 valence electrons. The van der Waals surface area contributed by atoms with Crippen molar-refractivity contribution in [1.29, 1.82) is 0 Å². The van der Waals surface area contributed by atoms with Crippen LogP contribution >= 0.6 is 0 Å². The Morgan fingerprint density at radius 1 is 1.47 bits per heavy atom. The zero-order valence-corrected chi connectivity index (χ0v) is 8.91. The molecule has 0 radical (unpaired) electrons. The fourth-order valence-corrected chi connectivity index (χ4v) is 2.67. The predicted octanol–water partition coefficient (Wildman–Crippen LogP) is 0.244. The summed E-state index contributed by atoms with van der Waals surface area (Å²) < 4.78 is 31.2. The lowest BCUT2D eigenvalue weighted by atomic mass is 10.1. The summed E-state index contributed by atoms with van der Waals surface area (Å²) >= 11 is 0. The lowest BCUT2D eigenvalue weighted by Crippen LogP contribution is -2.24. The number of fused-ring (bicyclic) bond motifs is 1. The Morgan fingerprint density at radius 3 is 2.87 bits per heavy atom. The number of benzene rings is 1. The minimum Gasteiger partial charge on any atom is -0.496 e. The molecule has 0 amide bonds. The largest absolute Gasteiger partial charge is 0.496 e. The third kappa shape index (κ3) is 1.68. The molecule has 6 heteroatoms. The van der Waals surface area contributed by atoms with Crippen molar-refractivity contribution < 1.29 is 13.2 Å². The normalized spacial score (nSPS) is 17.8. The maximum absolute atomic E-state index is 11.3. The van der Waals surface area contributed by atoms with Crippen molar-refractivity contribution in [2.75, 3.05) is 7.11 Å². The van der Waals surface area contributed by atoms with Crippen molar-refractivity contribution in [1.82, 2.24) is 0 Å². The zero-order valence-electron chi connectivity index (χ0n) is 8.10. The van der Waals surface area contributed by atoms with Gasteiger partial charge in [-0.1, -0.05) is 12.1 Å². The number of rotatable bonds is 1. The van der Waals surface area contributed by atoms with Gasteiger partial charge in [-0.25, -0.2) is 8.42 Å². The van der Waals surface area contributed by atoms with Crippen molar-refractivity contribution in [2.24, 2.45) is 10.1 Å². The molecule has 1 aliphatic heterocycles. The van der Waals surface area contributed by atoms with E-state index in [-0.39, 0.29) is 11.6 Å². The van der Waals surface area contributed by atoms with Gasteiger partial charge in [-0.05, 0) is 11.6 Å². The van der Waals surface area contributed by atoms with Gasteiger partial charge in [-0.3, -0.25) is 0 Å². The fraction of sp³-hybridized carbons (Fsp3) is 0.222. The van der Waals surface area contributed by atoms with E-state index in [2.05, 4.69) is 4.40 Å². The van der Waals surface area contributed by atoms with Gasteiger partial charge >= 0.3 is 0 Å². The number of ether oxygens (including phenoxy) is 1. The first-order chi connectivity index (χ1) is 7.03. The van der Waals surface area contributed by atoms with Gasteiger partial charge in [-0.15, -0.1) is 4.40 Å². The van der Waals surface area contributed by atoms with Gasteiger partial charge in [0.1, 0.15) is 11.6 Å². The quantitative estimate of drug-likeness (QED) is 0.743. The first-order valence-electron chi connectivity index (χ1n) is 4.28. The van der Waals surface area contributed by atoms with Crippen molar-refractivity contribution in [3.8, 4) is 5.75 Å². The lowest BCUT2D eigenvalue weighted by molar-refractivity contribution is 0.413. The molecule has 0 saturated carbocycles. The van der Waals surface area contributed by atoms with Gasteiger partial charge in [0.15, 0.2) is 0 Å². The van der Waals surface area contributed by atoms with Gasteiger partial charge in [-0.2, -0.15) is 0 Å². The lowest BCUT2D eigenvalue weighted by Gasteiger charge is -2.16. The molecule has 0 aromatic heterocycles. The minimum atomic E-state index is -3.46. The Balaban J connectivity index is 2.70. The Bertz CT molecular complexity index is 534. The van der Waals surface area contributed by atoms with Crippen molar-refractivity contribution >= 4 is 15.9 Å². The summed E-state index contributed by atoms with van der Waals surface area (Å²) in [5.74, 6) is 0.414. The molecule has 5 nitrogen and oxygen atoms in total. The molecular weight excluding hydrogens is 216 g/mol. The summed E-state index contributed by atoms with van der Waals surface area (Å²) in [7, 11) is -1.96. The summed E-state index contributed by atoms with van der Waals surface area (Å²) in [4.78, 5) is 0. The number of nitrogens with zero attached hydrogens (tertiary/aromatic N) is 1. The Hall–Kier alpha value is -1.56. The number of amidine groups is 1. The summed E-state index contributed by atoms with van der Waals surface area (Å²) in [6.07, 6.45) is 0. The third-order valence-electron chi connectivity index (χ3n) is 2.16. The smallest absolute Gasteiger partial charge is 0.259 e. The van der Waals surface area contributed by atoms with Crippen LogP contribution in [0.15, 0.2) is 22.6 Å². The Morgan fingerprint density at radius 2 is 2.20 bits per heavy atom. The highest BCUT2D eigenvalue weighted by Crippen LogP contribution is 2.27. The molecule has 1 aromatic carbocycles. The third-order valence-corrected chi connectivity index (χ3v) is 3.31. The summed E-state index contributed by atoms with van der Waals surface area (Å²) in [6.45, 7) is 0. The zero-order chi connectivity index (χ0) is 11.1. The second-order valence-electron chi connectivity index (χ2n) is 3.20. The van der Waals surface area contributed by atoms with E-state index in [0.29, 0.717) is 16.9 Å². The van der Waals surface area contributed by atoms with Crippen LogP contribution in [0.2, 0.25) is 0 Å². The van der Waals surface area contributed by atoms with E-state index < -0.39 is 10.0 Å². The van der Waals surface area contributed by atoms with Crippen LogP contribution in [0, 0.1) is 0 Å². The maximum Gasteiger partial charge on any atom is 0.259 e. The highest BCUT2D eigenvalue weighted by molar-refractivity contribution is 7.89. The van der Waals surface area contributed by atoms with Crippen molar-refractivity contribution in [2.45, 2.75) is 5.75 Å². The first kappa shape index (κ1) is 9.97. The van der Waals surface area contributed by atoms with Crippen LogP contribution in [0.25, 0.3) is 0 Å². The van der Waals surface area contributed by atoms with E-state index in [1.807, 2.05) is 0 Å². The van der Waals surface area contributed by atoms with Crippen LogP contribution in [-0.2, 0) is 15.8 Å². The summed E-state index contributed by atoms with van der Waals surface area (Å²) in [6, 6.07) is 5.15. The predicted molar refractivity (Wildman–Crippen MR) is 56.3 cm³/mol. The monoisotopic (exact) mass is 226 g/mol. The van der Waals surface area contributed by atoms with E-state index in [1.165, 1.54) is 7.11 Å². The topological polar surface area (TPSA) is 81.8 Å². The van der Waals surface area contributed by atoms with Gasteiger partial charge in [0.2, 0.25) is 0 Å². The van der Waals surface area contributed by atoms with Gasteiger partial charge in [0.25, 0.3) is 10.0 Å². The van der Waals surface area contributed by atoms with Crippen LogP contribution in [0.1, 0.15) is 11.1 Å². The number of methoxy groups -OCH3 is 1. The second-order valence-corrected chi connectivity index (χ2v) is 4.83. The molecule has 0 bridgehead atoms. The molecule has 0 fully saturated rings. The molecule has 0 atom stereocenters. The first-order valence-corrected chi connectivity index (χ1v) is 5.89. The van der Waals surface area contributed by atoms with E-state index in [0.717, 1.165) is 0 Å². The van der Waals surface area contributed by atoms with E-state index in [4.69, 9.17) is 10.5 Å². The molecule has 1 aromatic rings. The highest BCUT2D eigenvalue weighted by Gasteiger charge is 2.24. The van der Waals surface area contributed by atoms with Crippen LogP contribution in [0.3, 0.4) is 0 Å². The average Bonchev–Trinajstić information content (AvgIpc) is 2.14. The molecule has 0 unspecified atom stereocenters. The van der Waals surface area contributed by atoms with Crippen molar-refractivity contribution in [3.05, 3.63) is 29.3 Å². The Labute approximate surface area is 87.6 Å². The fourth-order valence-electron chi connectivity index (χ4n) is 1.58. The molecule has 0 spiro atoms. The Kier molecular flexibility index (Phi) is 2.15. The molecule has 15 heavy (non-hydrogen) atoms. The van der Waals surface area contributed by atoms with Crippen LogP contribution in [-0.4, -0.2) is 21.4 Å². The van der Waals surface area contributed by atoms with Gasteiger partial charge in [0, 0.05) is 0 Å². The molecule has 2 N–H and O–H groups in total. The minimum absolute atomic E-state index is 0.00583. The van der Waals surface area contributed by atoms with E-state index in [9.17, 15) is 8.42 Å². The molecule has 0 saturated heterocycles. The molecule has 1 heterocycles. The average molecular weight is 226 g/mol. The highest BCUT2D eigenvalue weighted by atomic mass is 32.2. The van der Waals surface area contributed by atoms with Crippen LogP contribution in [0.5, 0.6) is 5.75 Å². The van der Waals surface area contributed by atoms with E-state index >= 15 is 0 Å². The molecule has 0 aliphatic carbocycles. The second kappa shape index (κ2) is 3.23. The number of nitrogens with two attached hydrogens (primary N) is 1. The summed E-state index contributed by atoms with van der Waals surface area (Å²) in [5, 5.41) is 0. The number of hydrogen-bond acceptors (Lipinski definition) is 4. The number of hydrogen-bond donors (Lipinski definition) is 1. The molecular formula is C9H10N2O3S. The number of sulfonamides is 1. The standard InChI is InChI=1S/C9H10N2O3S/c1-14-7-4-2-3-6-5-15(12,13)11-9(10)8(6)7/h2-4H,5H2,1H3,(H2,10,11). The van der Waals surface area contributed by atoms with Gasteiger partial charge in [0.05, 0.1) is 18.4 Å². The van der Waals surface area contributed by atoms with Crippen LogP contribution < -0.4 is 10.5 Å². The maximum atomic E-state index is 11.3. The van der Waals surface area contributed by atoms with Crippen LogP contribution in [0.4, 0.5) is 0 Å². The van der Waals surface area contributed by atoms with Crippen molar-refractivity contribution in [3.63, 3.8) is 0 Å². The molecule has 2 rings (SSSR count). The molecule has 1 aliphatic rings. The SMILES string of the molecule is COc1cccc2c1C(N)=NS(=O)(=O)C2. The summed E-state index contributed by atoms with van der Waals surface area (Å²) in [5.41, 5.74) is 6.79. The van der Waals surface area contributed by atoms with Gasteiger partial charge < -0.3 is 10.5 Å².